The second-order valence-electron chi connectivity index (χ2n) is 6.35. The molecule has 4 nitrogen and oxygen atoms in total. The molecule has 3 heterocycles. The number of nitrogens with zero attached hydrogens (tertiary/aromatic N) is 3. The minimum atomic E-state index is 0.169. The fourth-order valence-corrected chi connectivity index (χ4v) is 3.53. The zero-order chi connectivity index (χ0) is 18.1. The molecule has 4 aromatic rings. The normalized spacial score (nSPS) is 12.3. The minimum Gasteiger partial charge on any atom is -0.364 e. The molecule has 0 saturated carbocycles. The van der Waals surface area contributed by atoms with Gasteiger partial charge in [0.15, 0.2) is 0 Å². The number of halogens is 1. The number of benzene rings is 1. The van der Waals surface area contributed by atoms with Gasteiger partial charge in [-0.3, -0.25) is 4.40 Å². The molecule has 1 N–H and O–H groups in total. The van der Waals surface area contributed by atoms with Crippen molar-refractivity contribution < 1.29 is 0 Å². The number of pyridine rings is 2. The predicted molar refractivity (Wildman–Crippen MR) is 109 cm³/mol. The second-order valence-corrected chi connectivity index (χ2v) is 7.21. The van der Waals surface area contributed by atoms with Gasteiger partial charge in [-0.1, -0.05) is 36.4 Å². The molecule has 0 aliphatic carbocycles. The van der Waals surface area contributed by atoms with Crippen LogP contribution in [0.4, 0.5) is 5.82 Å². The number of hydrogen-bond donors (Lipinski definition) is 1. The average molecular weight is 407 g/mol. The van der Waals surface area contributed by atoms with E-state index in [4.69, 9.17) is 0 Å². The highest BCUT2D eigenvalue weighted by Crippen LogP contribution is 2.31. The molecule has 0 saturated heterocycles. The minimum absolute atomic E-state index is 0.169. The first-order chi connectivity index (χ1) is 12.6. The number of aryl methyl sites for hydroxylation is 1. The Kier molecular flexibility index (Phi) is 4.47. The molecule has 0 radical (unpaired) electrons. The molecular weight excluding hydrogens is 388 g/mol. The summed E-state index contributed by atoms with van der Waals surface area (Å²) < 4.78 is 3.05. The van der Waals surface area contributed by atoms with E-state index in [1.807, 2.05) is 30.7 Å². The van der Waals surface area contributed by atoms with E-state index in [-0.39, 0.29) is 6.04 Å². The summed E-state index contributed by atoms with van der Waals surface area (Å²) in [6, 6.07) is 16.7. The first-order valence-electron chi connectivity index (χ1n) is 8.53. The summed E-state index contributed by atoms with van der Waals surface area (Å²) in [5.74, 6) is 0.835. The molecule has 0 unspecified atom stereocenters. The molecule has 4 rings (SSSR count). The molecule has 0 amide bonds. The molecule has 0 aliphatic rings. The maximum atomic E-state index is 4.58. The zero-order valence-corrected chi connectivity index (χ0v) is 16.2. The third-order valence-corrected chi connectivity index (χ3v) is 5.16. The van der Waals surface area contributed by atoms with Crippen LogP contribution in [0.3, 0.4) is 0 Å². The first-order valence-corrected chi connectivity index (χ1v) is 9.33. The Balaban J connectivity index is 1.71. The van der Waals surface area contributed by atoms with Crippen molar-refractivity contribution in [1.82, 2.24) is 14.4 Å². The standard InChI is InChI=1S/C21H19BrN4/c1-14-7-6-10-26-19(13-24-21(14)26)17-11-20(23-12-18(17)22)25-15(2)16-8-4-3-5-9-16/h3-13,15H,1-2H3,(H,23,25)/t15-/m0/s1. The number of anilines is 1. The summed E-state index contributed by atoms with van der Waals surface area (Å²) in [5.41, 5.74) is 5.44. The second kappa shape index (κ2) is 6.92. The van der Waals surface area contributed by atoms with Crippen LogP contribution in [-0.4, -0.2) is 14.4 Å². The van der Waals surface area contributed by atoms with Crippen molar-refractivity contribution in [2.24, 2.45) is 0 Å². The molecule has 0 fully saturated rings. The number of imidazole rings is 1. The summed E-state index contributed by atoms with van der Waals surface area (Å²) >= 11 is 3.64. The van der Waals surface area contributed by atoms with E-state index in [0.717, 1.165) is 32.8 Å². The van der Waals surface area contributed by atoms with Gasteiger partial charge in [0.2, 0.25) is 0 Å². The van der Waals surface area contributed by atoms with Gasteiger partial charge >= 0.3 is 0 Å². The highest BCUT2D eigenvalue weighted by atomic mass is 79.9. The lowest BCUT2D eigenvalue weighted by atomic mass is 10.1. The van der Waals surface area contributed by atoms with E-state index in [1.165, 1.54) is 5.56 Å². The van der Waals surface area contributed by atoms with Crippen molar-refractivity contribution in [1.29, 1.82) is 0 Å². The van der Waals surface area contributed by atoms with E-state index >= 15 is 0 Å². The van der Waals surface area contributed by atoms with Gasteiger partial charge in [0.05, 0.1) is 11.9 Å². The summed E-state index contributed by atoms with van der Waals surface area (Å²) in [7, 11) is 0. The summed E-state index contributed by atoms with van der Waals surface area (Å²) in [4.78, 5) is 9.10. The third kappa shape index (κ3) is 3.10. The van der Waals surface area contributed by atoms with Crippen LogP contribution in [0.2, 0.25) is 0 Å². The molecule has 5 heteroatoms. The third-order valence-electron chi connectivity index (χ3n) is 4.53. The van der Waals surface area contributed by atoms with Crippen LogP contribution in [0.5, 0.6) is 0 Å². The van der Waals surface area contributed by atoms with Crippen molar-refractivity contribution in [3.8, 4) is 11.3 Å². The van der Waals surface area contributed by atoms with E-state index in [2.05, 4.69) is 85.9 Å². The molecule has 1 aromatic carbocycles. The van der Waals surface area contributed by atoms with Crippen LogP contribution in [0.1, 0.15) is 24.1 Å². The average Bonchev–Trinajstić information content (AvgIpc) is 3.09. The Morgan fingerprint density at radius 1 is 1.04 bits per heavy atom. The molecule has 0 aliphatic heterocycles. The molecular formula is C21H19BrN4. The summed E-state index contributed by atoms with van der Waals surface area (Å²) in [6.45, 7) is 4.21. The maximum absolute atomic E-state index is 4.58. The van der Waals surface area contributed by atoms with Crippen LogP contribution in [0, 0.1) is 6.92 Å². The number of rotatable bonds is 4. The molecule has 0 spiro atoms. The van der Waals surface area contributed by atoms with Gasteiger partial charge < -0.3 is 5.32 Å². The molecule has 0 bridgehead atoms. The van der Waals surface area contributed by atoms with Crippen molar-refractivity contribution >= 4 is 27.4 Å². The van der Waals surface area contributed by atoms with Gasteiger partial charge in [0.1, 0.15) is 11.5 Å². The van der Waals surface area contributed by atoms with Crippen LogP contribution in [-0.2, 0) is 0 Å². The SMILES string of the molecule is Cc1cccn2c(-c3cc(N[C@@H](C)c4ccccc4)ncc3Br)cnc12. The highest BCUT2D eigenvalue weighted by Gasteiger charge is 2.13. The van der Waals surface area contributed by atoms with Crippen LogP contribution < -0.4 is 5.32 Å². The Hall–Kier alpha value is -2.66. The molecule has 26 heavy (non-hydrogen) atoms. The Morgan fingerprint density at radius 2 is 1.85 bits per heavy atom. The monoisotopic (exact) mass is 406 g/mol. The van der Waals surface area contributed by atoms with Crippen molar-refractivity contribution in [3.05, 3.63) is 82.7 Å². The fraction of sp³-hybridized carbons (Fsp3) is 0.143. The van der Waals surface area contributed by atoms with Gasteiger partial charge in [-0.25, -0.2) is 9.97 Å². The van der Waals surface area contributed by atoms with Crippen LogP contribution >= 0.6 is 15.9 Å². The van der Waals surface area contributed by atoms with E-state index < -0.39 is 0 Å². The largest absolute Gasteiger partial charge is 0.364 e. The Bertz CT molecular complexity index is 1060. The van der Waals surface area contributed by atoms with Crippen molar-refractivity contribution in [3.63, 3.8) is 0 Å². The molecule has 1 atom stereocenters. The van der Waals surface area contributed by atoms with Gasteiger partial charge in [-0.05, 0) is 53.0 Å². The van der Waals surface area contributed by atoms with E-state index in [0.29, 0.717) is 0 Å². The van der Waals surface area contributed by atoms with E-state index in [1.54, 1.807) is 0 Å². The number of fused-ring (bicyclic) bond motifs is 1. The number of aromatic nitrogens is 3. The van der Waals surface area contributed by atoms with Crippen molar-refractivity contribution in [2.45, 2.75) is 19.9 Å². The van der Waals surface area contributed by atoms with E-state index in [9.17, 15) is 0 Å². The topological polar surface area (TPSA) is 42.2 Å². The summed E-state index contributed by atoms with van der Waals surface area (Å²) in [6.07, 6.45) is 5.79. The van der Waals surface area contributed by atoms with Gasteiger partial charge in [-0.15, -0.1) is 0 Å². The quantitative estimate of drug-likeness (QED) is 0.476. The summed E-state index contributed by atoms with van der Waals surface area (Å²) in [5, 5.41) is 3.49. The zero-order valence-electron chi connectivity index (χ0n) is 14.6. The van der Waals surface area contributed by atoms with Gasteiger partial charge in [-0.2, -0.15) is 0 Å². The van der Waals surface area contributed by atoms with Crippen LogP contribution in [0.25, 0.3) is 16.9 Å². The Labute approximate surface area is 161 Å². The molecule has 130 valence electrons. The maximum Gasteiger partial charge on any atom is 0.140 e. The lowest BCUT2D eigenvalue weighted by molar-refractivity contribution is 0.874. The van der Waals surface area contributed by atoms with Gasteiger partial charge in [0.25, 0.3) is 0 Å². The van der Waals surface area contributed by atoms with Crippen LogP contribution in [0.15, 0.2) is 71.6 Å². The fourth-order valence-electron chi connectivity index (χ4n) is 3.11. The molecule has 3 aromatic heterocycles. The first kappa shape index (κ1) is 16.8. The lowest BCUT2D eigenvalue weighted by Crippen LogP contribution is -2.08. The smallest absolute Gasteiger partial charge is 0.140 e. The predicted octanol–water partition coefficient (Wildman–Crippen LogP) is 5.64. The lowest BCUT2D eigenvalue weighted by Gasteiger charge is -2.16. The Morgan fingerprint density at radius 3 is 2.65 bits per heavy atom. The number of nitrogens with one attached hydrogen (secondary N) is 1. The number of hydrogen-bond acceptors (Lipinski definition) is 3. The van der Waals surface area contributed by atoms with Crippen molar-refractivity contribution in [2.75, 3.05) is 5.32 Å². The highest BCUT2D eigenvalue weighted by molar-refractivity contribution is 9.10. The van der Waals surface area contributed by atoms with Gasteiger partial charge in [0, 0.05) is 28.5 Å².